The normalized spacial score (nSPS) is 13.4. The smallest absolute Gasteiger partial charge is 0.166 e. The molecule has 2 aromatic heterocycles. The van der Waals surface area contributed by atoms with Gasteiger partial charge in [-0.2, -0.15) is 0 Å². The molecule has 4 N–H and O–H groups in total. The van der Waals surface area contributed by atoms with Crippen LogP contribution in [-0.4, -0.2) is 19.5 Å². The van der Waals surface area contributed by atoms with Crippen LogP contribution in [0.15, 0.2) is 12.7 Å². The highest BCUT2D eigenvalue weighted by atomic mass is 15.2. The molecule has 0 spiro atoms. The lowest BCUT2D eigenvalue weighted by Crippen LogP contribution is -2.13. The van der Waals surface area contributed by atoms with Crippen LogP contribution in [0.25, 0.3) is 11.2 Å². The molecule has 1 unspecified atom stereocenters. The molecule has 6 heteroatoms. The summed E-state index contributed by atoms with van der Waals surface area (Å²) in [5.74, 6) is 0.379. The van der Waals surface area contributed by atoms with Crippen molar-refractivity contribution < 1.29 is 0 Å². The van der Waals surface area contributed by atoms with Crippen molar-refractivity contribution in [3.05, 3.63) is 12.7 Å². The van der Waals surface area contributed by atoms with Gasteiger partial charge in [0.15, 0.2) is 11.5 Å². The molecular weight excluding hydrogens is 168 g/mol. The maximum atomic E-state index is 5.70. The molecule has 0 bridgehead atoms. The second kappa shape index (κ2) is 2.67. The molecule has 0 amide bonds. The highest BCUT2D eigenvalue weighted by Crippen LogP contribution is 2.15. The number of aromatic nitrogens is 4. The zero-order chi connectivity index (χ0) is 9.42. The Morgan fingerprint density at radius 1 is 1.38 bits per heavy atom. The van der Waals surface area contributed by atoms with E-state index in [0.717, 1.165) is 0 Å². The van der Waals surface area contributed by atoms with E-state index in [9.17, 15) is 0 Å². The summed E-state index contributed by atoms with van der Waals surface area (Å²) < 4.78 is 1.74. The quantitative estimate of drug-likeness (QED) is 0.635. The van der Waals surface area contributed by atoms with Gasteiger partial charge in [-0.05, 0) is 6.92 Å². The Balaban J connectivity index is 2.75. The largest absolute Gasteiger partial charge is 0.382 e. The van der Waals surface area contributed by atoms with E-state index in [4.69, 9.17) is 11.5 Å². The molecule has 2 rings (SSSR count). The zero-order valence-electron chi connectivity index (χ0n) is 7.18. The number of rotatable bonds is 1. The maximum Gasteiger partial charge on any atom is 0.166 e. The Labute approximate surface area is 74.6 Å². The fraction of sp³-hybridized carbons (Fsp3) is 0.286. The van der Waals surface area contributed by atoms with E-state index in [2.05, 4.69) is 15.0 Å². The molecule has 68 valence electrons. The summed E-state index contributed by atoms with van der Waals surface area (Å²) in [5.41, 5.74) is 12.6. The summed E-state index contributed by atoms with van der Waals surface area (Å²) in [6.07, 6.45) is 2.85. The van der Waals surface area contributed by atoms with Crippen molar-refractivity contribution in [3.63, 3.8) is 0 Å². The van der Waals surface area contributed by atoms with Crippen molar-refractivity contribution in [2.75, 3.05) is 5.73 Å². The Kier molecular flexibility index (Phi) is 1.63. The zero-order valence-corrected chi connectivity index (χ0v) is 7.18. The van der Waals surface area contributed by atoms with Gasteiger partial charge in [0.25, 0.3) is 0 Å². The maximum absolute atomic E-state index is 5.70. The van der Waals surface area contributed by atoms with Crippen molar-refractivity contribution in [2.24, 2.45) is 5.73 Å². The fourth-order valence-corrected chi connectivity index (χ4v) is 1.17. The van der Waals surface area contributed by atoms with E-state index in [1.165, 1.54) is 6.33 Å². The molecule has 2 aromatic rings. The number of imidazole rings is 1. The highest BCUT2D eigenvalue weighted by Gasteiger charge is 2.08. The SMILES string of the molecule is CC(N)n1cnc2c(N)ncnc21. The summed E-state index contributed by atoms with van der Waals surface area (Å²) in [7, 11) is 0. The van der Waals surface area contributed by atoms with Crippen LogP contribution >= 0.6 is 0 Å². The van der Waals surface area contributed by atoms with E-state index in [-0.39, 0.29) is 6.17 Å². The molecular formula is C7H10N6. The Morgan fingerprint density at radius 2 is 2.15 bits per heavy atom. The molecule has 0 saturated heterocycles. The van der Waals surface area contributed by atoms with Crippen molar-refractivity contribution in [1.29, 1.82) is 0 Å². The van der Waals surface area contributed by atoms with Crippen molar-refractivity contribution in [3.8, 4) is 0 Å². The minimum absolute atomic E-state index is 0.167. The summed E-state index contributed by atoms with van der Waals surface area (Å²) in [5, 5.41) is 0. The van der Waals surface area contributed by atoms with Crippen LogP contribution in [0.3, 0.4) is 0 Å². The van der Waals surface area contributed by atoms with E-state index >= 15 is 0 Å². The predicted molar refractivity (Wildman–Crippen MR) is 48.6 cm³/mol. The number of nitrogen functional groups attached to an aromatic ring is 1. The van der Waals surface area contributed by atoms with Crippen LogP contribution in [0.5, 0.6) is 0 Å². The number of hydrogen-bond acceptors (Lipinski definition) is 5. The summed E-state index contributed by atoms with van der Waals surface area (Å²) in [6, 6.07) is 0. The molecule has 0 aliphatic rings. The topological polar surface area (TPSA) is 95.6 Å². The predicted octanol–water partition coefficient (Wildman–Crippen LogP) is -0.114. The molecule has 0 aromatic carbocycles. The minimum atomic E-state index is -0.167. The summed E-state index contributed by atoms with van der Waals surface area (Å²) in [6.45, 7) is 1.85. The number of nitrogens with zero attached hydrogens (tertiary/aromatic N) is 4. The van der Waals surface area contributed by atoms with Crippen LogP contribution in [0, 0.1) is 0 Å². The lowest BCUT2D eigenvalue weighted by Gasteiger charge is -2.06. The van der Waals surface area contributed by atoms with Gasteiger partial charge in [0.1, 0.15) is 11.8 Å². The molecule has 0 saturated carbocycles. The van der Waals surface area contributed by atoms with E-state index in [0.29, 0.717) is 17.0 Å². The van der Waals surface area contributed by atoms with Gasteiger partial charge in [-0.25, -0.2) is 15.0 Å². The lowest BCUT2D eigenvalue weighted by atomic mass is 10.5. The van der Waals surface area contributed by atoms with Crippen molar-refractivity contribution in [1.82, 2.24) is 19.5 Å². The first kappa shape index (κ1) is 7.93. The van der Waals surface area contributed by atoms with Gasteiger partial charge >= 0.3 is 0 Å². The van der Waals surface area contributed by atoms with Gasteiger partial charge in [-0.15, -0.1) is 0 Å². The monoisotopic (exact) mass is 178 g/mol. The molecule has 13 heavy (non-hydrogen) atoms. The number of fused-ring (bicyclic) bond motifs is 1. The molecule has 6 nitrogen and oxygen atoms in total. The first-order chi connectivity index (χ1) is 6.20. The summed E-state index contributed by atoms with van der Waals surface area (Å²) in [4.78, 5) is 12.0. The Bertz CT molecular complexity index is 431. The Hall–Kier alpha value is -1.69. The Morgan fingerprint density at radius 3 is 2.85 bits per heavy atom. The average molecular weight is 178 g/mol. The van der Waals surface area contributed by atoms with Crippen molar-refractivity contribution in [2.45, 2.75) is 13.1 Å². The van der Waals surface area contributed by atoms with Crippen LogP contribution in [0.4, 0.5) is 5.82 Å². The van der Waals surface area contributed by atoms with E-state index in [1.54, 1.807) is 10.9 Å². The van der Waals surface area contributed by atoms with Crippen LogP contribution in [-0.2, 0) is 0 Å². The second-order valence-electron chi connectivity index (χ2n) is 2.82. The van der Waals surface area contributed by atoms with Crippen LogP contribution in [0.1, 0.15) is 13.1 Å². The molecule has 1 atom stereocenters. The standard InChI is InChI=1S/C7H10N6/c1-4(8)13-3-12-5-6(9)10-2-11-7(5)13/h2-4H,8H2,1H3,(H2,9,10,11). The molecule has 0 radical (unpaired) electrons. The van der Waals surface area contributed by atoms with Gasteiger partial charge < -0.3 is 11.5 Å². The van der Waals surface area contributed by atoms with Crippen LogP contribution < -0.4 is 11.5 Å². The lowest BCUT2D eigenvalue weighted by molar-refractivity contribution is 0.583. The van der Waals surface area contributed by atoms with Gasteiger partial charge in [0.05, 0.1) is 12.5 Å². The van der Waals surface area contributed by atoms with E-state index in [1.807, 2.05) is 6.92 Å². The first-order valence-corrected chi connectivity index (χ1v) is 3.88. The number of hydrogen-bond donors (Lipinski definition) is 2. The molecule has 0 fully saturated rings. The second-order valence-corrected chi connectivity index (χ2v) is 2.82. The van der Waals surface area contributed by atoms with Crippen molar-refractivity contribution >= 4 is 17.0 Å². The minimum Gasteiger partial charge on any atom is -0.382 e. The third-order valence-corrected chi connectivity index (χ3v) is 1.83. The van der Waals surface area contributed by atoms with Gasteiger partial charge in [-0.3, -0.25) is 4.57 Å². The van der Waals surface area contributed by atoms with Gasteiger partial charge in [0.2, 0.25) is 0 Å². The highest BCUT2D eigenvalue weighted by molar-refractivity contribution is 5.81. The first-order valence-electron chi connectivity index (χ1n) is 3.88. The number of anilines is 1. The van der Waals surface area contributed by atoms with Gasteiger partial charge in [-0.1, -0.05) is 0 Å². The van der Waals surface area contributed by atoms with Gasteiger partial charge in [0, 0.05) is 0 Å². The molecule has 0 aliphatic heterocycles. The molecule has 2 heterocycles. The summed E-state index contributed by atoms with van der Waals surface area (Å²) >= 11 is 0. The number of nitrogens with two attached hydrogens (primary N) is 2. The van der Waals surface area contributed by atoms with E-state index < -0.39 is 0 Å². The van der Waals surface area contributed by atoms with Crippen LogP contribution in [0.2, 0.25) is 0 Å². The molecule has 0 aliphatic carbocycles. The third-order valence-electron chi connectivity index (χ3n) is 1.83. The average Bonchev–Trinajstić information content (AvgIpc) is 2.48. The fourth-order valence-electron chi connectivity index (χ4n) is 1.17. The third kappa shape index (κ3) is 1.11.